The number of fused-ring (bicyclic) bond motifs is 1. The molecule has 3 heteroatoms. The van der Waals surface area contributed by atoms with E-state index in [0.717, 1.165) is 11.1 Å². The molecular weight excluding hydrogens is 256 g/mol. The highest BCUT2D eigenvalue weighted by Crippen LogP contribution is 2.28. The first kappa shape index (κ1) is 13.4. The third-order valence-electron chi connectivity index (χ3n) is 4.75. The minimum absolute atomic E-state index is 0.475. The van der Waals surface area contributed by atoms with Crippen LogP contribution in [-0.2, 0) is 0 Å². The number of piperidine rings is 1. The third-order valence-corrected chi connectivity index (χ3v) is 4.98. The van der Waals surface area contributed by atoms with Gasteiger partial charge in [-0.1, -0.05) is 30.2 Å². The van der Waals surface area contributed by atoms with Gasteiger partial charge in [0.1, 0.15) is 0 Å². The molecule has 2 unspecified atom stereocenters. The first-order valence-corrected chi connectivity index (χ1v) is 7.85. The van der Waals surface area contributed by atoms with Gasteiger partial charge >= 0.3 is 0 Å². The van der Waals surface area contributed by atoms with Crippen LogP contribution in [0.3, 0.4) is 0 Å². The quantitative estimate of drug-likeness (QED) is 0.816. The zero-order valence-corrected chi connectivity index (χ0v) is 12.4. The molecular formula is C16H23ClN2. The number of hydrogen-bond acceptors (Lipinski definition) is 2. The van der Waals surface area contributed by atoms with Crippen LogP contribution < -0.4 is 0 Å². The molecule has 0 radical (unpaired) electrons. The molecule has 0 amide bonds. The second-order valence-electron chi connectivity index (χ2n) is 5.91. The summed E-state index contributed by atoms with van der Waals surface area (Å²) >= 11 is 6.11. The van der Waals surface area contributed by atoms with Crippen molar-refractivity contribution in [1.82, 2.24) is 9.80 Å². The van der Waals surface area contributed by atoms with Crippen molar-refractivity contribution >= 4 is 11.6 Å². The number of piperazine rings is 1. The molecule has 2 fully saturated rings. The first-order valence-electron chi connectivity index (χ1n) is 7.47. The second-order valence-corrected chi connectivity index (χ2v) is 6.35. The van der Waals surface area contributed by atoms with E-state index >= 15 is 0 Å². The first-order chi connectivity index (χ1) is 9.24. The van der Waals surface area contributed by atoms with Crippen molar-refractivity contribution in [2.24, 2.45) is 0 Å². The van der Waals surface area contributed by atoms with E-state index in [4.69, 9.17) is 11.6 Å². The fraction of sp³-hybridized carbons (Fsp3) is 0.625. The summed E-state index contributed by atoms with van der Waals surface area (Å²) in [5.41, 5.74) is 1.34. The van der Waals surface area contributed by atoms with Gasteiger partial charge in [0.25, 0.3) is 0 Å². The molecule has 2 aliphatic rings. The van der Waals surface area contributed by atoms with Crippen molar-refractivity contribution in [3.8, 4) is 0 Å². The number of nitrogens with zero attached hydrogens (tertiary/aromatic N) is 2. The summed E-state index contributed by atoms with van der Waals surface area (Å²) in [6.45, 7) is 7.25. The Morgan fingerprint density at radius 3 is 2.95 bits per heavy atom. The van der Waals surface area contributed by atoms with Crippen LogP contribution in [0.15, 0.2) is 24.3 Å². The van der Waals surface area contributed by atoms with E-state index in [-0.39, 0.29) is 0 Å². The highest BCUT2D eigenvalue weighted by atomic mass is 35.5. The molecule has 1 aromatic rings. The molecule has 3 rings (SSSR count). The number of halogens is 1. The SMILES string of the molecule is CC(c1cccc(Cl)c1)N1CCN2CCCCC2C1. The predicted octanol–water partition coefficient (Wildman–Crippen LogP) is 3.57. The van der Waals surface area contributed by atoms with E-state index in [9.17, 15) is 0 Å². The maximum atomic E-state index is 6.11. The molecule has 0 saturated carbocycles. The van der Waals surface area contributed by atoms with E-state index < -0.39 is 0 Å². The van der Waals surface area contributed by atoms with Gasteiger partial charge < -0.3 is 0 Å². The lowest BCUT2D eigenvalue weighted by Gasteiger charge is -2.46. The minimum Gasteiger partial charge on any atom is -0.298 e. The molecule has 0 N–H and O–H groups in total. The van der Waals surface area contributed by atoms with E-state index in [1.54, 1.807) is 0 Å². The summed E-state index contributed by atoms with van der Waals surface area (Å²) in [6.07, 6.45) is 4.17. The summed E-state index contributed by atoms with van der Waals surface area (Å²) in [4.78, 5) is 5.31. The topological polar surface area (TPSA) is 6.48 Å². The molecule has 2 aliphatic heterocycles. The molecule has 104 valence electrons. The molecule has 2 saturated heterocycles. The fourth-order valence-corrected chi connectivity index (χ4v) is 3.71. The van der Waals surface area contributed by atoms with Gasteiger partial charge in [-0.15, -0.1) is 0 Å². The van der Waals surface area contributed by atoms with Crippen molar-refractivity contribution in [1.29, 1.82) is 0 Å². The number of benzene rings is 1. The molecule has 0 aromatic heterocycles. The van der Waals surface area contributed by atoms with Crippen LogP contribution in [0.2, 0.25) is 5.02 Å². The highest BCUT2D eigenvalue weighted by molar-refractivity contribution is 6.30. The molecule has 0 bridgehead atoms. The smallest absolute Gasteiger partial charge is 0.0409 e. The molecule has 2 atom stereocenters. The molecule has 0 spiro atoms. The molecule has 19 heavy (non-hydrogen) atoms. The maximum absolute atomic E-state index is 6.11. The zero-order chi connectivity index (χ0) is 13.2. The van der Waals surface area contributed by atoms with Crippen LogP contribution in [0.25, 0.3) is 0 Å². The van der Waals surface area contributed by atoms with Crippen LogP contribution in [0.1, 0.15) is 37.8 Å². The van der Waals surface area contributed by atoms with Crippen molar-refractivity contribution < 1.29 is 0 Å². The summed E-state index contributed by atoms with van der Waals surface area (Å²) in [7, 11) is 0. The number of rotatable bonds is 2. The van der Waals surface area contributed by atoms with Gasteiger partial charge in [0.2, 0.25) is 0 Å². The Morgan fingerprint density at radius 2 is 2.11 bits per heavy atom. The van der Waals surface area contributed by atoms with Crippen molar-refractivity contribution in [3.63, 3.8) is 0 Å². The predicted molar refractivity (Wildman–Crippen MR) is 80.7 cm³/mol. The van der Waals surface area contributed by atoms with Crippen molar-refractivity contribution in [2.45, 2.75) is 38.3 Å². The molecule has 2 nitrogen and oxygen atoms in total. The van der Waals surface area contributed by atoms with Gasteiger partial charge in [0.15, 0.2) is 0 Å². The lowest BCUT2D eigenvalue weighted by Crippen LogP contribution is -2.55. The van der Waals surface area contributed by atoms with Gasteiger partial charge in [-0.25, -0.2) is 0 Å². The summed E-state index contributed by atoms with van der Waals surface area (Å²) < 4.78 is 0. The van der Waals surface area contributed by atoms with Gasteiger partial charge in [0, 0.05) is 36.7 Å². The maximum Gasteiger partial charge on any atom is 0.0409 e. The van der Waals surface area contributed by atoms with Gasteiger partial charge in [-0.05, 0) is 44.0 Å². The van der Waals surface area contributed by atoms with E-state index in [1.165, 1.54) is 51.0 Å². The Labute approximate surface area is 121 Å². The van der Waals surface area contributed by atoms with Crippen LogP contribution in [0.4, 0.5) is 0 Å². The molecule has 0 aliphatic carbocycles. The van der Waals surface area contributed by atoms with Crippen molar-refractivity contribution in [3.05, 3.63) is 34.9 Å². The normalized spacial score (nSPS) is 26.9. The van der Waals surface area contributed by atoms with Crippen LogP contribution in [-0.4, -0.2) is 42.0 Å². The Balaban J connectivity index is 1.69. The monoisotopic (exact) mass is 278 g/mol. The van der Waals surface area contributed by atoms with Crippen LogP contribution in [0, 0.1) is 0 Å². The highest BCUT2D eigenvalue weighted by Gasteiger charge is 2.31. The Bertz CT molecular complexity index is 435. The van der Waals surface area contributed by atoms with Gasteiger partial charge in [-0.2, -0.15) is 0 Å². The van der Waals surface area contributed by atoms with Crippen LogP contribution in [0.5, 0.6) is 0 Å². The average molecular weight is 279 g/mol. The lowest BCUT2D eigenvalue weighted by molar-refractivity contribution is 0.0307. The zero-order valence-electron chi connectivity index (χ0n) is 11.7. The van der Waals surface area contributed by atoms with Gasteiger partial charge in [0.05, 0.1) is 0 Å². The van der Waals surface area contributed by atoms with E-state index in [2.05, 4.69) is 34.9 Å². The second kappa shape index (κ2) is 5.82. The van der Waals surface area contributed by atoms with Crippen molar-refractivity contribution in [2.75, 3.05) is 26.2 Å². The van der Waals surface area contributed by atoms with E-state index in [0.29, 0.717) is 6.04 Å². The Kier molecular flexibility index (Phi) is 4.11. The Hall–Kier alpha value is -0.570. The standard InChI is InChI=1S/C16H23ClN2/c1-13(14-5-4-6-15(17)11-14)19-10-9-18-8-3-2-7-16(18)12-19/h4-6,11,13,16H,2-3,7-10,12H2,1H3. The summed E-state index contributed by atoms with van der Waals surface area (Å²) in [5.74, 6) is 0. The minimum atomic E-state index is 0.475. The third kappa shape index (κ3) is 2.96. The number of hydrogen-bond donors (Lipinski definition) is 0. The largest absolute Gasteiger partial charge is 0.298 e. The van der Waals surface area contributed by atoms with E-state index in [1.807, 2.05) is 6.07 Å². The molecule has 1 aromatic carbocycles. The lowest BCUT2D eigenvalue weighted by atomic mass is 9.97. The average Bonchev–Trinajstić information content (AvgIpc) is 2.46. The summed E-state index contributed by atoms with van der Waals surface area (Å²) in [6, 6.07) is 9.58. The summed E-state index contributed by atoms with van der Waals surface area (Å²) in [5, 5.41) is 0.848. The molecule has 2 heterocycles. The van der Waals surface area contributed by atoms with Gasteiger partial charge in [-0.3, -0.25) is 9.80 Å². The van der Waals surface area contributed by atoms with Crippen LogP contribution >= 0.6 is 11.6 Å². The Morgan fingerprint density at radius 1 is 1.21 bits per heavy atom. The fourth-order valence-electron chi connectivity index (χ4n) is 3.51.